The van der Waals surface area contributed by atoms with E-state index in [2.05, 4.69) is 15.0 Å². The SMILES string of the molecule is O=C(CCCN=C1NS(=O)(=O)c2ccccc21)N1C[C@H]2CNC[C@H]2C1. The number of aliphatic imine (C=N–C) groups is 1. The second kappa shape index (κ2) is 6.42. The highest BCUT2D eigenvalue weighted by Gasteiger charge is 2.37. The molecule has 3 aliphatic heterocycles. The minimum absolute atomic E-state index is 0.182. The van der Waals surface area contributed by atoms with Crippen LogP contribution in [0.25, 0.3) is 0 Å². The van der Waals surface area contributed by atoms with Crippen molar-refractivity contribution in [3.63, 3.8) is 0 Å². The monoisotopic (exact) mass is 362 g/mol. The first-order valence-electron chi connectivity index (χ1n) is 8.70. The lowest BCUT2D eigenvalue weighted by Crippen LogP contribution is -2.31. The first kappa shape index (κ1) is 16.5. The van der Waals surface area contributed by atoms with Crippen molar-refractivity contribution in [1.82, 2.24) is 14.9 Å². The fraction of sp³-hybridized carbons (Fsp3) is 0.529. The number of nitrogens with zero attached hydrogens (tertiary/aromatic N) is 2. The Hall–Kier alpha value is -1.93. The zero-order valence-corrected chi connectivity index (χ0v) is 14.8. The van der Waals surface area contributed by atoms with Gasteiger partial charge in [-0.3, -0.25) is 14.5 Å². The highest BCUT2D eigenvalue weighted by Crippen LogP contribution is 2.27. The van der Waals surface area contributed by atoms with Crippen LogP contribution in [0.5, 0.6) is 0 Å². The van der Waals surface area contributed by atoms with Gasteiger partial charge in [-0.15, -0.1) is 0 Å². The van der Waals surface area contributed by atoms with E-state index in [4.69, 9.17) is 0 Å². The van der Waals surface area contributed by atoms with Gasteiger partial charge >= 0.3 is 0 Å². The van der Waals surface area contributed by atoms with E-state index >= 15 is 0 Å². The summed E-state index contributed by atoms with van der Waals surface area (Å²) in [5.41, 5.74) is 0.605. The summed E-state index contributed by atoms with van der Waals surface area (Å²) in [4.78, 5) is 18.9. The van der Waals surface area contributed by atoms with E-state index in [-0.39, 0.29) is 10.8 Å². The number of hydrogen-bond donors (Lipinski definition) is 2. The second-order valence-corrected chi connectivity index (χ2v) is 8.56. The second-order valence-electron chi connectivity index (χ2n) is 6.91. The highest BCUT2D eigenvalue weighted by molar-refractivity contribution is 7.90. The van der Waals surface area contributed by atoms with Crippen LogP contribution in [0, 0.1) is 11.8 Å². The molecular weight excluding hydrogens is 340 g/mol. The van der Waals surface area contributed by atoms with Gasteiger partial charge in [-0.2, -0.15) is 0 Å². The Morgan fingerprint density at radius 1 is 1.20 bits per heavy atom. The maximum atomic E-state index is 12.3. The molecule has 2 saturated heterocycles. The molecule has 7 nitrogen and oxygen atoms in total. The van der Waals surface area contributed by atoms with E-state index in [1.807, 2.05) is 4.90 Å². The van der Waals surface area contributed by atoms with Crippen LogP contribution in [0.2, 0.25) is 0 Å². The molecule has 2 atom stereocenters. The largest absolute Gasteiger partial charge is 0.342 e. The number of hydrogen-bond acceptors (Lipinski definition) is 5. The molecule has 1 aromatic carbocycles. The van der Waals surface area contributed by atoms with Crippen LogP contribution in [-0.4, -0.2) is 57.8 Å². The zero-order chi connectivity index (χ0) is 17.4. The normalized spacial score (nSPS) is 28.0. The maximum absolute atomic E-state index is 12.3. The van der Waals surface area contributed by atoms with Gasteiger partial charge in [-0.05, 0) is 30.4 Å². The van der Waals surface area contributed by atoms with Crippen molar-refractivity contribution in [3.05, 3.63) is 29.8 Å². The number of benzene rings is 1. The molecule has 0 bridgehead atoms. The molecule has 0 radical (unpaired) electrons. The molecule has 2 fully saturated rings. The molecule has 1 amide bonds. The van der Waals surface area contributed by atoms with E-state index in [0.29, 0.717) is 42.6 Å². The number of carbonyl (C=O) groups is 1. The summed E-state index contributed by atoms with van der Waals surface area (Å²) in [6.45, 7) is 4.18. The van der Waals surface area contributed by atoms with Gasteiger partial charge in [0.2, 0.25) is 5.91 Å². The highest BCUT2D eigenvalue weighted by atomic mass is 32.2. The van der Waals surface area contributed by atoms with Gasteiger partial charge in [0.25, 0.3) is 10.0 Å². The van der Waals surface area contributed by atoms with Crippen molar-refractivity contribution >= 4 is 21.8 Å². The molecule has 3 aliphatic rings. The summed E-state index contributed by atoms with van der Waals surface area (Å²) in [6.07, 6.45) is 1.08. The summed E-state index contributed by atoms with van der Waals surface area (Å²) in [5.74, 6) is 1.77. The molecular formula is C17H22N4O3S. The summed E-state index contributed by atoms with van der Waals surface area (Å²) in [7, 11) is -3.49. The number of likely N-dealkylation sites (tertiary alicyclic amines) is 1. The summed E-state index contributed by atoms with van der Waals surface area (Å²) >= 11 is 0. The van der Waals surface area contributed by atoms with Gasteiger partial charge in [0, 0.05) is 44.7 Å². The fourth-order valence-corrected chi connectivity index (χ4v) is 5.14. The Labute approximate surface area is 147 Å². The smallest absolute Gasteiger partial charge is 0.263 e. The first-order chi connectivity index (χ1) is 12.0. The molecule has 0 unspecified atom stereocenters. The lowest BCUT2D eigenvalue weighted by atomic mass is 10.0. The van der Waals surface area contributed by atoms with Crippen LogP contribution in [0.4, 0.5) is 0 Å². The van der Waals surface area contributed by atoms with Gasteiger partial charge in [-0.25, -0.2) is 8.42 Å². The maximum Gasteiger partial charge on any atom is 0.263 e. The average molecular weight is 362 g/mol. The average Bonchev–Trinajstić information content (AvgIpc) is 3.24. The van der Waals surface area contributed by atoms with E-state index < -0.39 is 10.0 Å². The van der Waals surface area contributed by atoms with Crippen molar-refractivity contribution < 1.29 is 13.2 Å². The minimum Gasteiger partial charge on any atom is -0.342 e. The van der Waals surface area contributed by atoms with Gasteiger partial charge in [-0.1, -0.05) is 12.1 Å². The molecule has 0 aliphatic carbocycles. The molecule has 4 rings (SSSR count). The van der Waals surface area contributed by atoms with Gasteiger partial charge in [0.15, 0.2) is 0 Å². The predicted molar refractivity (Wildman–Crippen MR) is 93.8 cm³/mol. The lowest BCUT2D eigenvalue weighted by Gasteiger charge is -2.17. The number of amides is 1. The third kappa shape index (κ3) is 3.16. The van der Waals surface area contributed by atoms with E-state index in [1.54, 1.807) is 24.3 Å². The van der Waals surface area contributed by atoms with Crippen LogP contribution in [0.3, 0.4) is 0 Å². The number of nitrogens with one attached hydrogen (secondary N) is 2. The lowest BCUT2D eigenvalue weighted by molar-refractivity contribution is -0.130. The molecule has 134 valence electrons. The van der Waals surface area contributed by atoms with Crippen molar-refractivity contribution in [2.75, 3.05) is 32.7 Å². The first-order valence-corrected chi connectivity index (χ1v) is 10.2. The van der Waals surface area contributed by atoms with E-state index in [0.717, 1.165) is 26.2 Å². The summed E-state index contributed by atoms with van der Waals surface area (Å²) < 4.78 is 26.5. The van der Waals surface area contributed by atoms with E-state index in [1.165, 1.54) is 0 Å². The Morgan fingerprint density at radius 2 is 1.92 bits per heavy atom. The Kier molecular flexibility index (Phi) is 4.24. The van der Waals surface area contributed by atoms with Crippen LogP contribution in [0.1, 0.15) is 18.4 Å². The third-order valence-electron chi connectivity index (χ3n) is 5.22. The van der Waals surface area contributed by atoms with E-state index in [9.17, 15) is 13.2 Å². The van der Waals surface area contributed by atoms with Crippen molar-refractivity contribution in [2.24, 2.45) is 16.8 Å². The molecule has 1 aromatic rings. The molecule has 0 spiro atoms. The molecule has 0 aromatic heterocycles. The zero-order valence-electron chi connectivity index (χ0n) is 13.9. The number of fused-ring (bicyclic) bond motifs is 2. The van der Waals surface area contributed by atoms with Gasteiger partial charge in [0.05, 0.1) is 4.90 Å². The number of sulfonamides is 1. The Morgan fingerprint density at radius 3 is 2.68 bits per heavy atom. The summed E-state index contributed by atoms with van der Waals surface area (Å²) in [6, 6.07) is 6.80. The summed E-state index contributed by atoms with van der Waals surface area (Å²) in [5, 5.41) is 3.37. The fourth-order valence-electron chi connectivity index (χ4n) is 3.89. The van der Waals surface area contributed by atoms with Crippen molar-refractivity contribution in [3.8, 4) is 0 Å². The van der Waals surface area contributed by atoms with Crippen molar-refractivity contribution in [1.29, 1.82) is 0 Å². The standard InChI is InChI=1S/C17H22N4O3S/c22-16(21-10-12-8-18-9-13(12)11-21)6-3-7-19-17-14-4-1-2-5-15(14)25(23,24)20-17/h1-2,4-5,12-13,18H,3,6-11H2,(H,19,20)/t12-,13+. The Bertz CT molecular complexity index is 809. The minimum atomic E-state index is -3.49. The Balaban J connectivity index is 1.31. The van der Waals surface area contributed by atoms with Gasteiger partial charge in [0.1, 0.15) is 5.84 Å². The predicted octanol–water partition coefficient (Wildman–Crippen LogP) is 0.183. The molecule has 3 heterocycles. The van der Waals surface area contributed by atoms with Crippen LogP contribution in [-0.2, 0) is 14.8 Å². The van der Waals surface area contributed by atoms with Crippen LogP contribution >= 0.6 is 0 Å². The number of amidine groups is 1. The van der Waals surface area contributed by atoms with Crippen LogP contribution in [0.15, 0.2) is 34.2 Å². The molecule has 8 heteroatoms. The quantitative estimate of drug-likeness (QED) is 0.748. The van der Waals surface area contributed by atoms with Crippen LogP contribution < -0.4 is 10.0 Å². The number of rotatable bonds is 4. The number of carbonyl (C=O) groups excluding carboxylic acids is 1. The van der Waals surface area contributed by atoms with Crippen molar-refractivity contribution in [2.45, 2.75) is 17.7 Å². The molecule has 0 saturated carbocycles. The third-order valence-corrected chi connectivity index (χ3v) is 6.62. The topological polar surface area (TPSA) is 90.9 Å². The van der Waals surface area contributed by atoms with Gasteiger partial charge < -0.3 is 10.2 Å². The molecule has 25 heavy (non-hydrogen) atoms. The molecule has 2 N–H and O–H groups in total.